The lowest BCUT2D eigenvalue weighted by molar-refractivity contribution is -0.142. The number of carbonyl (C=O) groups is 3. The van der Waals surface area contributed by atoms with Gasteiger partial charge in [0.1, 0.15) is 17.7 Å². The van der Waals surface area contributed by atoms with Crippen molar-refractivity contribution in [3.63, 3.8) is 0 Å². The molecule has 1 aromatic carbocycles. The number of aryl methyl sites for hydroxylation is 2. The first kappa shape index (κ1) is 27.2. The maximum absolute atomic E-state index is 13.4. The number of carbonyl (C=O) groups excluding carboxylic acids is 3. The number of benzene rings is 1. The number of aliphatic hydroxyl groups is 1. The highest BCUT2D eigenvalue weighted by atomic mass is 16.6. The minimum Gasteiger partial charge on any atom is -0.444 e. The Morgan fingerprint density at radius 3 is 2.25 bits per heavy atom. The molecule has 0 aliphatic heterocycles. The fourth-order valence-electron chi connectivity index (χ4n) is 3.07. The van der Waals surface area contributed by atoms with Gasteiger partial charge in [-0.05, 0) is 65.2 Å². The van der Waals surface area contributed by atoms with Gasteiger partial charge in [-0.25, -0.2) is 4.79 Å². The molecular formula is C24H37N3O5. The van der Waals surface area contributed by atoms with Crippen LogP contribution in [0.15, 0.2) is 30.9 Å². The lowest BCUT2D eigenvalue weighted by atomic mass is 9.98. The number of nitrogens with one attached hydrogen (secondary N) is 2. The molecule has 0 saturated heterocycles. The van der Waals surface area contributed by atoms with Crippen molar-refractivity contribution in [3.8, 4) is 0 Å². The summed E-state index contributed by atoms with van der Waals surface area (Å²) in [4.78, 5) is 40.1. The molecule has 1 aromatic rings. The van der Waals surface area contributed by atoms with E-state index in [9.17, 15) is 19.5 Å². The molecule has 0 saturated carbocycles. The minimum absolute atomic E-state index is 0.0361. The molecule has 2 unspecified atom stereocenters. The monoisotopic (exact) mass is 447 g/mol. The molecular weight excluding hydrogens is 410 g/mol. The summed E-state index contributed by atoms with van der Waals surface area (Å²) in [6.45, 7) is 15.7. The van der Waals surface area contributed by atoms with Crippen LogP contribution in [-0.4, -0.2) is 58.8 Å². The molecule has 32 heavy (non-hydrogen) atoms. The third-order valence-electron chi connectivity index (χ3n) is 4.62. The molecule has 0 bridgehead atoms. The number of hydrogen-bond donors (Lipinski definition) is 3. The highest BCUT2D eigenvalue weighted by Gasteiger charge is 2.35. The topological polar surface area (TPSA) is 108 Å². The third-order valence-corrected chi connectivity index (χ3v) is 4.62. The van der Waals surface area contributed by atoms with Crippen LogP contribution >= 0.6 is 0 Å². The van der Waals surface area contributed by atoms with E-state index in [1.165, 1.54) is 11.0 Å². The van der Waals surface area contributed by atoms with Crippen molar-refractivity contribution in [2.75, 3.05) is 13.2 Å². The van der Waals surface area contributed by atoms with Crippen LogP contribution in [0.4, 0.5) is 4.79 Å². The Hall–Kier alpha value is -2.87. The number of alkyl carbamates (subject to hydrolysis) is 1. The standard InChI is InChI=1S/C24H37N3O5/c1-9-12-27(22(30)19(14-28)26-23(31)32-24(6,7)8)20(21(29)25-15(2)3)18-11-10-16(4)17(5)13-18/h9-11,13,15,19-20,28H,1,12,14H2,2-8H3,(H,25,29)(H,26,31). The SMILES string of the molecule is C=CCN(C(=O)C(CO)NC(=O)OC(C)(C)C)C(C(=O)NC(C)C)c1ccc(C)c(C)c1. The number of aliphatic hydroxyl groups excluding tert-OH is 1. The Labute approximate surface area is 191 Å². The van der Waals surface area contributed by atoms with E-state index >= 15 is 0 Å². The first-order valence-corrected chi connectivity index (χ1v) is 10.7. The van der Waals surface area contributed by atoms with E-state index in [-0.39, 0.29) is 18.5 Å². The number of rotatable bonds is 9. The molecule has 0 fully saturated rings. The zero-order valence-corrected chi connectivity index (χ0v) is 20.2. The lowest BCUT2D eigenvalue weighted by Gasteiger charge is -2.34. The average molecular weight is 448 g/mol. The molecule has 178 valence electrons. The Balaban J connectivity index is 3.37. The van der Waals surface area contributed by atoms with E-state index in [0.717, 1.165) is 11.1 Å². The van der Waals surface area contributed by atoms with E-state index in [4.69, 9.17) is 4.74 Å². The number of amides is 3. The van der Waals surface area contributed by atoms with Gasteiger partial charge in [0.15, 0.2) is 0 Å². The number of hydrogen-bond acceptors (Lipinski definition) is 5. The Bertz CT molecular complexity index is 829. The fraction of sp³-hybridized carbons (Fsp3) is 0.542. The van der Waals surface area contributed by atoms with Crippen molar-refractivity contribution < 1.29 is 24.2 Å². The second-order valence-corrected chi connectivity index (χ2v) is 9.07. The van der Waals surface area contributed by atoms with Crippen molar-refractivity contribution >= 4 is 17.9 Å². The molecule has 1 rings (SSSR count). The van der Waals surface area contributed by atoms with Gasteiger partial charge in [-0.2, -0.15) is 0 Å². The Kier molecular flexibility index (Phi) is 9.90. The second kappa shape index (κ2) is 11.7. The van der Waals surface area contributed by atoms with Crippen molar-refractivity contribution in [2.45, 2.75) is 72.2 Å². The van der Waals surface area contributed by atoms with Gasteiger partial charge in [-0.1, -0.05) is 24.3 Å². The minimum atomic E-state index is -1.29. The summed E-state index contributed by atoms with van der Waals surface area (Å²) in [5.41, 5.74) is 1.88. The molecule has 0 aromatic heterocycles. The third kappa shape index (κ3) is 8.00. The molecule has 0 aliphatic rings. The lowest BCUT2D eigenvalue weighted by Crippen LogP contribution is -2.54. The van der Waals surface area contributed by atoms with Crippen molar-refractivity contribution in [1.29, 1.82) is 0 Å². The van der Waals surface area contributed by atoms with Gasteiger partial charge in [0.2, 0.25) is 11.8 Å². The molecule has 8 nitrogen and oxygen atoms in total. The molecule has 0 spiro atoms. The van der Waals surface area contributed by atoms with Crippen LogP contribution in [0.3, 0.4) is 0 Å². The number of nitrogens with zero attached hydrogens (tertiary/aromatic N) is 1. The molecule has 2 atom stereocenters. The zero-order chi connectivity index (χ0) is 24.6. The maximum atomic E-state index is 13.4. The Morgan fingerprint density at radius 2 is 1.78 bits per heavy atom. The van der Waals surface area contributed by atoms with Crippen LogP contribution in [0.5, 0.6) is 0 Å². The predicted molar refractivity (Wildman–Crippen MR) is 124 cm³/mol. The zero-order valence-electron chi connectivity index (χ0n) is 20.2. The van der Waals surface area contributed by atoms with Gasteiger partial charge < -0.3 is 25.4 Å². The largest absolute Gasteiger partial charge is 0.444 e. The summed E-state index contributed by atoms with van der Waals surface area (Å²) in [6, 6.07) is 3.14. The van der Waals surface area contributed by atoms with E-state index in [1.807, 2.05) is 39.8 Å². The average Bonchev–Trinajstić information content (AvgIpc) is 2.66. The molecule has 3 amide bonds. The van der Waals surface area contributed by atoms with Crippen LogP contribution < -0.4 is 10.6 Å². The van der Waals surface area contributed by atoms with E-state index in [2.05, 4.69) is 17.2 Å². The number of ether oxygens (including phenoxy) is 1. The van der Waals surface area contributed by atoms with Crippen LogP contribution in [0.25, 0.3) is 0 Å². The van der Waals surface area contributed by atoms with Gasteiger partial charge in [0, 0.05) is 12.6 Å². The summed E-state index contributed by atoms with van der Waals surface area (Å²) in [7, 11) is 0. The van der Waals surface area contributed by atoms with E-state index in [1.54, 1.807) is 26.8 Å². The van der Waals surface area contributed by atoms with E-state index in [0.29, 0.717) is 5.56 Å². The Morgan fingerprint density at radius 1 is 1.16 bits per heavy atom. The highest BCUT2D eigenvalue weighted by Crippen LogP contribution is 2.25. The first-order chi connectivity index (χ1) is 14.8. The van der Waals surface area contributed by atoms with Crippen LogP contribution in [0.2, 0.25) is 0 Å². The van der Waals surface area contributed by atoms with Gasteiger partial charge in [-0.3, -0.25) is 9.59 Å². The van der Waals surface area contributed by atoms with Gasteiger partial charge in [0.05, 0.1) is 6.61 Å². The van der Waals surface area contributed by atoms with Gasteiger partial charge in [-0.15, -0.1) is 6.58 Å². The van der Waals surface area contributed by atoms with Gasteiger partial charge in [0.25, 0.3) is 0 Å². The fourth-order valence-corrected chi connectivity index (χ4v) is 3.07. The molecule has 0 heterocycles. The normalized spacial score (nSPS) is 13.2. The van der Waals surface area contributed by atoms with Crippen molar-refractivity contribution in [1.82, 2.24) is 15.5 Å². The molecule has 3 N–H and O–H groups in total. The highest BCUT2D eigenvalue weighted by molar-refractivity contribution is 5.92. The second-order valence-electron chi connectivity index (χ2n) is 9.07. The summed E-state index contributed by atoms with van der Waals surface area (Å²) in [5.74, 6) is -0.993. The van der Waals surface area contributed by atoms with Crippen LogP contribution in [0, 0.1) is 13.8 Å². The predicted octanol–water partition coefficient (Wildman–Crippen LogP) is 2.77. The quantitative estimate of drug-likeness (QED) is 0.505. The summed E-state index contributed by atoms with van der Waals surface area (Å²) in [6.07, 6.45) is 0.661. The van der Waals surface area contributed by atoms with Crippen LogP contribution in [-0.2, 0) is 14.3 Å². The van der Waals surface area contributed by atoms with Crippen molar-refractivity contribution in [2.24, 2.45) is 0 Å². The summed E-state index contributed by atoms with van der Waals surface area (Å²) >= 11 is 0. The van der Waals surface area contributed by atoms with Gasteiger partial charge >= 0.3 is 6.09 Å². The molecule has 0 aliphatic carbocycles. The molecule has 8 heteroatoms. The summed E-state index contributed by atoms with van der Waals surface area (Å²) in [5, 5.41) is 15.1. The van der Waals surface area contributed by atoms with E-state index < -0.39 is 36.3 Å². The van der Waals surface area contributed by atoms with Crippen molar-refractivity contribution in [3.05, 3.63) is 47.5 Å². The smallest absolute Gasteiger partial charge is 0.408 e. The summed E-state index contributed by atoms with van der Waals surface area (Å²) < 4.78 is 5.20. The van der Waals surface area contributed by atoms with Crippen LogP contribution in [0.1, 0.15) is 57.4 Å². The molecule has 0 radical (unpaired) electrons. The first-order valence-electron chi connectivity index (χ1n) is 10.7. The maximum Gasteiger partial charge on any atom is 0.408 e.